The summed E-state index contributed by atoms with van der Waals surface area (Å²) in [7, 11) is 0. The van der Waals surface area contributed by atoms with Crippen LogP contribution >= 0.6 is 0 Å². The third kappa shape index (κ3) is 4.07. The van der Waals surface area contributed by atoms with Gasteiger partial charge in [0.15, 0.2) is 5.78 Å². The van der Waals surface area contributed by atoms with Gasteiger partial charge in [-0.2, -0.15) is 5.26 Å². The Kier molecular flexibility index (Phi) is 4.62. The number of rotatable bonds is 4. The van der Waals surface area contributed by atoms with Gasteiger partial charge in [0.2, 0.25) is 5.92 Å². The molecule has 1 aliphatic carbocycles. The fraction of sp³-hybridized carbons (Fsp3) is 0.846. The summed E-state index contributed by atoms with van der Waals surface area (Å²) < 4.78 is 25.9. The van der Waals surface area contributed by atoms with Crippen molar-refractivity contribution in [2.45, 2.75) is 51.9 Å². The van der Waals surface area contributed by atoms with Crippen LogP contribution in [-0.4, -0.2) is 11.7 Å². The molecule has 1 aliphatic rings. The van der Waals surface area contributed by atoms with Crippen LogP contribution in [0.25, 0.3) is 0 Å². The highest BCUT2D eigenvalue weighted by Crippen LogP contribution is 2.37. The maximum absolute atomic E-state index is 13.0. The summed E-state index contributed by atoms with van der Waals surface area (Å²) in [6.45, 7) is 3.90. The molecular weight excluding hydrogens is 224 g/mol. The number of alkyl halides is 2. The number of nitriles is 1. The van der Waals surface area contributed by atoms with E-state index in [1.54, 1.807) is 0 Å². The van der Waals surface area contributed by atoms with Crippen molar-refractivity contribution in [2.24, 2.45) is 17.8 Å². The first kappa shape index (κ1) is 14.1. The molecule has 0 aromatic rings. The Morgan fingerprint density at radius 3 is 2.35 bits per heavy atom. The van der Waals surface area contributed by atoms with Crippen LogP contribution < -0.4 is 0 Å². The molecule has 1 rings (SSSR count). The van der Waals surface area contributed by atoms with Gasteiger partial charge in [-0.25, -0.2) is 8.78 Å². The summed E-state index contributed by atoms with van der Waals surface area (Å²) in [6, 6.07) is 2.01. The second-order valence-corrected chi connectivity index (χ2v) is 5.34. The fourth-order valence-corrected chi connectivity index (χ4v) is 2.31. The van der Waals surface area contributed by atoms with E-state index in [0.717, 1.165) is 0 Å². The van der Waals surface area contributed by atoms with Crippen LogP contribution in [0.5, 0.6) is 0 Å². The predicted molar refractivity (Wildman–Crippen MR) is 60.5 cm³/mol. The number of Topliss-reactive ketones (excluding diaryl/α,β-unsaturated/α-hetero) is 1. The van der Waals surface area contributed by atoms with E-state index in [1.807, 2.05) is 19.9 Å². The molecule has 0 bridgehead atoms. The topological polar surface area (TPSA) is 40.9 Å². The molecule has 96 valence electrons. The van der Waals surface area contributed by atoms with Crippen LogP contribution in [0.1, 0.15) is 46.0 Å². The molecule has 1 unspecified atom stereocenters. The fourth-order valence-electron chi connectivity index (χ4n) is 2.31. The van der Waals surface area contributed by atoms with Crippen LogP contribution in [0.15, 0.2) is 0 Å². The Morgan fingerprint density at radius 2 is 1.94 bits per heavy atom. The van der Waals surface area contributed by atoms with Crippen molar-refractivity contribution in [3.63, 3.8) is 0 Å². The van der Waals surface area contributed by atoms with E-state index in [1.165, 1.54) is 0 Å². The number of carbonyl (C=O) groups is 1. The maximum Gasteiger partial charge on any atom is 0.248 e. The molecule has 0 heterocycles. The number of halogens is 2. The van der Waals surface area contributed by atoms with Crippen molar-refractivity contribution in [3.05, 3.63) is 0 Å². The Balaban J connectivity index is 2.56. The minimum absolute atomic E-state index is 0.128. The maximum atomic E-state index is 13.0. The summed E-state index contributed by atoms with van der Waals surface area (Å²) >= 11 is 0. The van der Waals surface area contributed by atoms with Gasteiger partial charge in [-0.3, -0.25) is 4.79 Å². The number of ketones is 1. The highest BCUT2D eigenvalue weighted by molar-refractivity contribution is 5.85. The number of hydrogen-bond donors (Lipinski definition) is 0. The first-order valence-corrected chi connectivity index (χ1v) is 6.17. The molecule has 0 spiro atoms. The second kappa shape index (κ2) is 5.57. The van der Waals surface area contributed by atoms with Crippen LogP contribution in [0.4, 0.5) is 8.78 Å². The van der Waals surface area contributed by atoms with Crippen LogP contribution in [0.3, 0.4) is 0 Å². The molecule has 1 fully saturated rings. The van der Waals surface area contributed by atoms with Crippen molar-refractivity contribution in [1.29, 1.82) is 5.26 Å². The van der Waals surface area contributed by atoms with E-state index in [4.69, 9.17) is 5.26 Å². The SMILES string of the molecule is CC(C)CC(C#N)C(=O)C1CCC(F)(F)CC1. The Bertz CT molecular complexity index is 310. The number of nitrogens with zero attached hydrogens (tertiary/aromatic N) is 1. The van der Waals surface area contributed by atoms with E-state index in [9.17, 15) is 13.6 Å². The zero-order valence-corrected chi connectivity index (χ0v) is 10.4. The van der Waals surface area contributed by atoms with E-state index >= 15 is 0 Å². The van der Waals surface area contributed by atoms with Crippen molar-refractivity contribution in [3.8, 4) is 6.07 Å². The van der Waals surface area contributed by atoms with Gasteiger partial charge in [0.05, 0.1) is 6.07 Å². The van der Waals surface area contributed by atoms with Gasteiger partial charge in [-0.15, -0.1) is 0 Å². The van der Waals surface area contributed by atoms with E-state index < -0.39 is 11.8 Å². The molecule has 0 N–H and O–H groups in total. The zero-order valence-electron chi connectivity index (χ0n) is 10.4. The van der Waals surface area contributed by atoms with Crippen LogP contribution in [-0.2, 0) is 4.79 Å². The molecule has 1 saturated carbocycles. The van der Waals surface area contributed by atoms with Crippen molar-refractivity contribution in [2.75, 3.05) is 0 Å². The lowest BCUT2D eigenvalue weighted by atomic mass is 9.78. The molecule has 0 saturated heterocycles. The molecule has 17 heavy (non-hydrogen) atoms. The zero-order chi connectivity index (χ0) is 13.1. The lowest BCUT2D eigenvalue weighted by Gasteiger charge is -2.28. The van der Waals surface area contributed by atoms with Gasteiger partial charge in [0, 0.05) is 18.8 Å². The van der Waals surface area contributed by atoms with Crippen molar-refractivity contribution in [1.82, 2.24) is 0 Å². The quantitative estimate of drug-likeness (QED) is 0.757. The van der Waals surface area contributed by atoms with Crippen molar-refractivity contribution >= 4 is 5.78 Å². The average Bonchev–Trinajstić information content (AvgIpc) is 2.24. The van der Waals surface area contributed by atoms with E-state index in [-0.39, 0.29) is 43.3 Å². The lowest BCUT2D eigenvalue weighted by Crippen LogP contribution is -2.32. The van der Waals surface area contributed by atoms with Gasteiger partial charge >= 0.3 is 0 Å². The molecule has 0 radical (unpaired) electrons. The minimum atomic E-state index is -2.61. The highest BCUT2D eigenvalue weighted by Gasteiger charge is 2.39. The summed E-state index contributed by atoms with van der Waals surface area (Å²) in [5, 5.41) is 8.96. The smallest absolute Gasteiger partial charge is 0.248 e. The third-order valence-electron chi connectivity index (χ3n) is 3.33. The molecule has 0 aromatic heterocycles. The van der Waals surface area contributed by atoms with Crippen molar-refractivity contribution < 1.29 is 13.6 Å². The third-order valence-corrected chi connectivity index (χ3v) is 3.33. The normalized spacial score (nSPS) is 22.1. The minimum Gasteiger partial charge on any atom is -0.298 e. The summed E-state index contributed by atoms with van der Waals surface area (Å²) in [5.74, 6) is -3.42. The van der Waals surface area contributed by atoms with Gasteiger partial charge < -0.3 is 0 Å². The summed E-state index contributed by atoms with van der Waals surface area (Å²) in [5.41, 5.74) is 0. The Morgan fingerprint density at radius 1 is 1.41 bits per heavy atom. The van der Waals surface area contributed by atoms with Gasteiger partial charge in [0.1, 0.15) is 5.92 Å². The first-order valence-electron chi connectivity index (χ1n) is 6.17. The monoisotopic (exact) mass is 243 g/mol. The molecule has 0 aromatic carbocycles. The number of carbonyl (C=O) groups excluding carboxylic acids is 1. The first-order chi connectivity index (χ1) is 7.85. The summed E-state index contributed by atoms with van der Waals surface area (Å²) in [4.78, 5) is 12.0. The molecular formula is C13H19F2NO. The molecule has 1 atom stereocenters. The molecule has 0 amide bonds. The Labute approximate surface area is 101 Å². The van der Waals surface area contributed by atoms with E-state index in [2.05, 4.69) is 0 Å². The number of hydrogen-bond acceptors (Lipinski definition) is 2. The second-order valence-electron chi connectivity index (χ2n) is 5.34. The standard InChI is InChI=1S/C13H19F2NO/c1-9(2)7-11(8-16)12(17)10-3-5-13(14,15)6-4-10/h9-11H,3-7H2,1-2H3. The van der Waals surface area contributed by atoms with E-state index in [0.29, 0.717) is 6.42 Å². The van der Waals surface area contributed by atoms with Crippen LogP contribution in [0, 0.1) is 29.1 Å². The van der Waals surface area contributed by atoms with Gasteiger partial charge in [-0.05, 0) is 25.2 Å². The predicted octanol–water partition coefficient (Wildman–Crippen LogP) is 3.57. The summed E-state index contributed by atoms with van der Waals surface area (Å²) in [6.07, 6.45) is 0.541. The molecule has 4 heteroatoms. The molecule has 0 aliphatic heterocycles. The Hall–Kier alpha value is -0.980. The van der Waals surface area contributed by atoms with Crippen LogP contribution in [0.2, 0.25) is 0 Å². The average molecular weight is 243 g/mol. The largest absolute Gasteiger partial charge is 0.298 e. The lowest BCUT2D eigenvalue weighted by molar-refractivity contribution is -0.129. The highest BCUT2D eigenvalue weighted by atomic mass is 19.3. The van der Waals surface area contributed by atoms with Gasteiger partial charge in [0.25, 0.3) is 0 Å². The molecule has 2 nitrogen and oxygen atoms in total. The van der Waals surface area contributed by atoms with Gasteiger partial charge in [-0.1, -0.05) is 13.8 Å².